The Balaban J connectivity index is 2.30. The first kappa shape index (κ1) is 12.6. The van der Waals surface area contributed by atoms with E-state index < -0.39 is 0 Å². The van der Waals surface area contributed by atoms with Crippen molar-refractivity contribution in [2.45, 2.75) is 0 Å². The highest BCUT2D eigenvalue weighted by Gasteiger charge is 2.11. The molecule has 3 N–H and O–H groups in total. The van der Waals surface area contributed by atoms with E-state index in [1.807, 2.05) is 24.3 Å². The Morgan fingerprint density at radius 1 is 1.35 bits per heavy atom. The van der Waals surface area contributed by atoms with Gasteiger partial charge in [-0.05, 0) is 28.1 Å². The second-order valence-corrected chi connectivity index (χ2v) is 5.05. The number of pyridine rings is 1. The predicted molar refractivity (Wildman–Crippen MR) is 79.1 cm³/mol. The van der Waals surface area contributed by atoms with Crippen molar-refractivity contribution in [2.24, 2.45) is 10.9 Å². The highest BCUT2D eigenvalue weighted by molar-refractivity contribution is 9.10. The molecule has 3 rings (SSSR count). The van der Waals surface area contributed by atoms with E-state index in [-0.39, 0.29) is 5.84 Å². The van der Waals surface area contributed by atoms with Crippen molar-refractivity contribution in [1.82, 2.24) is 14.8 Å². The summed E-state index contributed by atoms with van der Waals surface area (Å²) in [5, 5.41) is 17.0. The standard InChI is InChI=1S/C13H10BrN5O/c14-8-6-16-19(7-8)12-5-10(13(15)18-20)9-3-1-2-4-11(9)17-12/h1-7,20H,(H2,15,18). The molecule has 0 fully saturated rings. The van der Waals surface area contributed by atoms with Crippen molar-refractivity contribution < 1.29 is 5.21 Å². The van der Waals surface area contributed by atoms with Gasteiger partial charge in [-0.3, -0.25) is 0 Å². The molecule has 0 amide bonds. The SMILES string of the molecule is NC(=NO)c1cc(-n2cc(Br)cn2)nc2ccccc12. The summed E-state index contributed by atoms with van der Waals surface area (Å²) >= 11 is 3.34. The molecule has 0 bridgehead atoms. The number of para-hydroxylation sites is 1. The lowest BCUT2D eigenvalue weighted by atomic mass is 10.1. The van der Waals surface area contributed by atoms with Gasteiger partial charge in [0.15, 0.2) is 11.7 Å². The van der Waals surface area contributed by atoms with E-state index in [0.717, 1.165) is 15.4 Å². The van der Waals surface area contributed by atoms with E-state index in [9.17, 15) is 0 Å². The number of benzene rings is 1. The number of halogens is 1. The molecule has 0 spiro atoms. The molecule has 0 atom stereocenters. The number of nitrogens with two attached hydrogens (primary N) is 1. The number of nitrogens with zero attached hydrogens (tertiary/aromatic N) is 4. The van der Waals surface area contributed by atoms with Crippen LogP contribution < -0.4 is 5.73 Å². The molecule has 20 heavy (non-hydrogen) atoms. The maximum absolute atomic E-state index is 8.93. The molecule has 0 aliphatic rings. The van der Waals surface area contributed by atoms with Gasteiger partial charge in [-0.15, -0.1) is 0 Å². The number of fused-ring (bicyclic) bond motifs is 1. The molecule has 7 heteroatoms. The van der Waals surface area contributed by atoms with Gasteiger partial charge in [0.2, 0.25) is 0 Å². The molecule has 0 aliphatic carbocycles. The second kappa shape index (κ2) is 4.93. The van der Waals surface area contributed by atoms with E-state index in [1.165, 1.54) is 0 Å². The molecule has 2 aromatic heterocycles. The Morgan fingerprint density at radius 3 is 2.85 bits per heavy atom. The minimum atomic E-state index is 0.0380. The van der Waals surface area contributed by atoms with Crippen molar-refractivity contribution in [3.05, 3.63) is 52.8 Å². The molecular formula is C13H10BrN5O. The monoisotopic (exact) mass is 331 g/mol. The van der Waals surface area contributed by atoms with Gasteiger partial charge in [0, 0.05) is 17.1 Å². The third-order valence-corrected chi connectivity index (χ3v) is 3.28. The third-order valence-electron chi connectivity index (χ3n) is 2.87. The lowest BCUT2D eigenvalue weighted by Gasteiger charge is -2.08. The third kappa shape index (κ3) is 2.12. The van der Waals surface area contributed by atoms with Crippen LogP contribution in [0.2, 0.25) is 0 Å². The zero-order valence-electron chi connectivity index (χ0n) is 10.2. The van der Waals surface area contributed by atoms with Gasteiger partial charge in [0.1, 0.15) is 0 Å². The first-order chi connectivity index (χ1) is 9.69. The number of amidine groups is 1. The van der Waals surface area contributed by atoms with Crippen LogP contribution in [0.1, 0.15) is 5.56 Å². The molecule has 6 nitrogen and oxygen atoms in total. The topological polar surface area (TPSA) is 89.3 Å². The van der Waals surface area contributed by atoms with Crippen molar-refractivity contribution in [1.29, 1.82) is 0 Å². The molecule has 100 valence electrons. The lowest BCUT2D eigenvalue weighted by molar-refractivity contribution is 0.318. The smallest absolute Gasteiger partial charge is 0.170 e. The van der Waals surface area contributed by atoms with Crippen LogP contribution in [0.4, 0.5) is 0 Å². The number of hydrogen-bond donors (Lipinski definition) is 2. The van der Waals surface area contributed by atoms with Crippen LogP contribution in [-0.4, -0.2) is 25.8 Å². The summed E-state index contributed by atoms with van der Waals surface area (Å²) in [6, 6.07) is 9.23. The second-order valence-electron chi connectivity index (χ2n) is 4.13. The van der Waals surface area contributed by atoms with Crippen LogP contribution >= 0.6 is 15.9 Å². The summed E-state index contributed by atoms with van der Waals surface area (Å²) in [5.41, 5.74) is 7.11. The van der Waals surface area contributed by atoms with Gasteiger partial charge < -0.3 is 10.9 Å². The van der Waals surface area contributed by atoms with Crippen LogP contribution in [-0.2, 0) is 0 Å². The van der Waals surface area contributed by atoms with Crippen LogP contribution in [0.3, 0.4) is 0 Å². The van der Waals surface area contributed by atoms with Gasteiger partial charge in [0.05, 0.1) is 16.2 Å². The molecule has 0 radical (unpaired) electrons. The Kier molecular flexibility index (Phi) is 3.11. The molecule has 2 heterocycles. The molecule has 0 aliphatic heterocycles. The summed E-state index contributed by atoms with van der Waals surface area (Å²) < 4.78 is 2.46. The van der Waals surface area contributed by atoms with Gasteiger partial charge in [0.25, 0.3) is 0 Å². The minimum Gasteiger partial charge on any atom is -0.409 e. The van der Waals surface area contributed by atoms with Crippen molar-refractivity contribution in [3.8, 4) is 5.82 Å². The molecule has 0 unspecified atom stereocenters. The summed E-state index contributed by atoms with van der Waals surface area (Å²) in [7, 11) is 0. The highest BCUT2D eigenvalue weighted by Crippen LogP contribution is 2.20. The maximum atomic E-state index is 8.93. The van der Waals surface area contributed by atoms with Crippen molar-refractivity contribution in [2.75, 3.05) is 0 Å². The molecule has 3 aromatic rings. The Bertz CT molecular complexity index is 811. The lowest BCUT2D eigenvalue weighted by Crippen LogP contribution is -2.15. The zero-order valence-corrected chi connectivity index (χ0v) is 11.8. The molecule has 0 saturated heterocycles. The maximum Gasteiger partial charge on any atom is 0.170 e. The minimum absolute atomic E-state index is 0.0380. The van der Waals surface area contributed by atoms with Crippen LogP contribution in [0.25, 0.3) is 16.7 Å². The van der Waals surface area contributed by atoms with Gasteiger partial charge in [-0.25, -0.2) is 9.67 Å². The van der Waals surface area contributed by atoms with E-state index in [4.69, 9.17) is 10.9 Å². The van der Waals surface area contributed by atoms with Gasteiger partial charge in [-0.2, -0.15) is 5.10 Å². The Hall–Kier alpha value is -2.41. The molecule has 0 saturated carbocycles. The van der Waals surface area contributed by atoms with Crippen molar-refractivity contribution >= 4 is 32.7 Å². The first-order valence-corrected chi connectivity index (χ1v) is 6.56. The Labute approximate surface area is 122 Å². The molecule has 1 aromatic carbocycles. The van der Waals surface area contributed by atoms with Crippen molar-refractivity contribution in [3.63, 3.8) is 0 Å². The predicted octanol–water partition coefficient (Wildman–Crippen LogP) is 2.28. The average Bonchev–Trinajstić information content (AvgIpc) is 2.92. The van der Waals surface area contributed by atoms with Gasteiger partial charge >= 0.3 is 0 Å². The number of aromatic nitrogens is 3. The zero-order chi connectivity index (χ0) is 14.1. The van der Waals surface area contributed by atoms with E-state index >= 15 is 0 Å². The Morgan fingerprint density at radius 2 is 2.15 bits per heavy atom. The van der Waals surface area contributed by atoms with Gasteiger partial charge in [-0.1, -0.05) is 23.4 Å². The summed E-state index contributed by atoms with van der Waals surface area (Å²) in [6.45, 7) is 0. The fourth-order valence-corrected chi connectivity index (χ4v) is 2.26. The average molecular weight is 332 g/mol. The first-order valence-electron chi connectivity index (χ1n) is 5.77. The highest BCUT2D eigenvalue weighted by atomic mass is 79.9. The largest absolute Gasteiger partial charge is 0.409 e. The van der Waals surface area contributed by atoms with E-state index in [2.05, 4.69) is 31.2 Å². The fraction of sp³-hybridized carbons (Fsp3) is 0. The summed E-state index contributed by atoms with van der Waals surface area (Å²) in [6.07, 6.45) is 3.45. The quantitative estimate of drug-likeness (QED) is 0.326. The number of hydrogen-bond acceptors (Lipinski definition) is 4. The van der Waals surface area contributed by atoms with Crippen LogP contribution in [0.15, 0.2) is 52.4 Å². The fourth-order valence-electron chi connectivity index (χ4n) is 1.97. The normalized spacial score (nSPS) is 11.9. The van der Waals surface area contributed by atoms with E-state index in [0.29, 0.717) is 11.4 Å². The van der Waals surface area contributed by atoms with Crippen LogP contribution in [0, 0.1) is 0 Å². The number of oxime groups is 1. The summed E-state index contributed by atoms with van der Waals surface area (Å²) in [4.78, 5) is 4.52. The van der Waals surface area contributed by atoms with E-state index in [1.54, 1.807) is 23.1 Å². The summed E-state index contributed by atoms with van der Waals surface area (Å²) in [5.74, 6) is 0.632. The van der Waals surface area contributed by atoms with Crippen LogP contribution in [0.5, 0.6) is 0 Å². The molecular weight excluding hydrogens is 322 g/mol. The number of rotatable bonds is 2.